The molecule has 4 atom stereocenters. The van der Waals surface area contributed by atoms with Crippen molar-refractivity contribution in [1.29, 1.82) is 0 Å². The second-order valence-electron chi connectivity index (χ2n) is 7.50. The lowest BCUT2D eigenvalue weighted by Crippen LogP contribution is -2.70. The molecular weight excluding hydrogens is 308 g/mol. The Hall–Kier alpha value is -1.60. The Morgan fingerprint density at radius 1 is 1.46 bits per heavy atom. The van der Waals surface area contributed by atoms with Crippen LogP contribution in [-0.2, 0) is 22.6 Å². The van der Waals surface area contributed by atoms with E-state index in [4.69, 9.17) is 9.47 Å². The number of carbonyl (C=O) groups excluding carboxylic acids is 1. The molecule has 2 fully saturated rings. The Bertz CT molecular complexity index is 581. The monoisotopic (exact) mass is 336 g/mol. The van der Waals surface area contributed by atoms with Gasteiger partial charge < -0.3 is 20.1 Å². The molecule has 1 saturated heterocycles. The molecule has 1 aliphatic carbocycles. The first kappa shape index (κ1) is 17.2. The van der Waals surface area contributed by atoms with Gasteiger partial charge in [0.25, 0.3) is 0 Å². The van der Waals surface area contributed by atoms with Crippen LogP contribution in [0.15, 0.2) is 12.3 Å². The summed E-state index contributed by atoms with van der Waals surface area (Å²) in [6.45, 7) is 9.99. The standard InChI is InChI=1S/C17H28N4O3/c1-5-21-11(6-8-19-21)10-18-14-13(12-7-9-23-15(12)14)20-16(22)24-17(2,3)4/h6,8,12-15,18H,5,7,9-10H2,1-4H3,(H,20,22). The summed E-state index contributed by atoms with van der Waals surface area (Å²) in [4.78, 5) is 12.1. The molecule has 134 valence electrons. The third kappa shape index (κ3) is 3.57. The zero-order valence-corrected chi connectivity index (χ0v) is 14.9. The predicted octanol–water partition coefficient (Wildman–Crippen LogP) is 1.67. The number of fused-ring (bicyclic) bond motifs is 1. The summed E-state index contributed by atoms with van der Waals surface area (Å²) in [6.07, 6.45) is 2.61. The minimum Gasteiger partial charge on any atom is -0.444 e. The zero-order chi connectivity index (χ0) is 17.3. The molecule has 2 heterocycles. The summed E-state index contributed by atoms with van der Waals surface area (Å²) in [5.41, 5.74) is 0.644. The maximum absolute atomic E-state index is 12.1. The Balaban J connectivity index is 1.59. The molecule has 7 nitrogen and oxygen atoms in total. The van der Waals surface area contributed by atoms with E-state index in [0.717, 1.165) is 25.3 Å². The molecule has 7 heteroatoms. The highest BCUT2D eigenvalue weighted by Crippen LogP contribution is 2.39. The molecule has 4 unspecified atom stereocenters. The van der Waals surface area contributed by atoms with E-state index in [1.54, 1.807) is 0 Å². The quantitative estimate of drug-likeness (QED) is 0.855. The molecule has 1 aromatic rings. The molecule has 0 bridgehead atoms. The maximum atomic E-state index is 12.1. The first-order chi connectivity index (χ1) is 11.4. The van der Waals surface area contributed by atoms with Gasteiger partial charge in [-0.2, -0.15) is 5.10 Å². The molecule has 2 N–H and O–H groups in total. The number of aryl methyl sites for hydroxylation is 1. The van der Waals surface area contributed by atoms with Crippen LogP contribution in [0, 0.1) is 5.92 Å². The van der Waals surface area contributed by atoms with Gasteiger partial charge >= 0.3 is 6.09 Å². The van der Waals surface area contributed by atoms with Gasteiger partial charge in [-0.1, -0.05) is 0 Å². The van der Waals surface area contributed by atoms with E-state index in [1.165, 1.54) is 0 Å². The van der Waals surface area contributed by atoms with E-state index in [0.29, 0.717) is 12.5 Å². The highest BCUT2D eigenvalue weighted by Gasteiger charge is 2.54. The number of carbonyl (C=O) groups is 1. The zero-order valence-electron chi connectivity index (χ0n) is 14.9. The van der Waals surface area contributed by atoms with Crippen LogP contribution in [0.4, 0.5) is 4.79 Å². The first-order valence-electron chi connectivity index (χ1n) is 8.74. The van der Waals surface area contributed by atoms with Crippen LogP contribution in [0.3, 0.4) is 0 Å². The second-order valence-corrected chi connectivity index (χ2v) is 7.50. The lowest BCUT2D eigenvalue weighted by atomic mass is 9.71. The van der Waals surface area contributed by atoms with Crippen molar-refractivity contribution in [3.05, 3.63) is 18.0 Å². The SMILES string of the molecule is CCn1nccc1CNC1C(NC(=O)OC(C)(C)C)C2CCOC21. The number of hydrogen-bond acceptors (Lipinski definition) is 5. The lowest BCUT2D eigenvalue weighted by molar-refractivity contribution is -0.0346. The fourth-order valence-corrected chi connectivity index (χ4v) is 3.61. The van der Waals surface area contributed by atoms with Gasteiger partial charge in [0.15, 0.2) is 0 Å². The van der Waals surface area contributed by atoms with Gasteiger partial charge in [-0.3, -0.25) is 4.68 Å². The van der Waals surface area contributed by atoms with Crippen molar-refractivity contribution in [2.24, 2.45) is 5.92 Å². The molecule has 1 aromatic heterocycles. The number of aromatic nitrogens is 2. The lowest BCUT2D eigenvalue weighted by Gasteiger charge is -2.48. The van der Waals surface area contributed by atoms with Crippen molar-refractivity contribution in [1.82, 2.24) is 20.4 Å². The van der Waals surface area contributed by atoms with Gasteiger partial charge in [0.1, 0.15) is 5.60 Å². The van der Waals surface area contributed by atoms with Crippen molar-refractivity contribution >= 4 is 6.09 Å². The van der Waals surface area contributed by atoms with Crippen molar-refractivity contribution in [2.45, 2.75) is 71.0 Å². The summed E-state index contributed by atoms with van der Waals surface area (Å²) in [5, 5.41) is 10.8. The Morgan fingerprint density at radius 3 is 2.96 bits per heavy atom. The second kappa shape index (κ2) is 6.72. The van der Waals surface area contributed by atoms with Gasteiger partial charge in [0, 0.05) is 31.8 Å². The van der Waals surface area contributed by atoms with Crippen LogP contribution in [0.1, 0.15) is 39.8 Å². The largest absolute Gasteiger partial charge is 0.444 e. The van der Waals surface area contributed by atoms with Crippen LogP contribution in [-0.4, -0.2) is 46.3 Å². The van der Waals surface area contributed by atoms with Crippen LogP contribution < -0.4 is 10.6 Å². The number of ether oxygens (including phenoxy) is 2. The van der Waals surface area contributed by atoms with Crippen molar-refractivity contribution < 1.29 is 14.3 Å². The molecule has 0 spiro atoms. The summed E-state index contributed by atoms with van der Waals surface area (Å²) < 4.78 is 13.2. The molecule has 2 aliphatic rings. The van der Waals surface area contributed by atoms with Crippen molar-refractivity contribution in [2.75, 3.05) is 6.61 Å². The Kier molecular flexibility index (Phi) is 4.83. The third-order valence-corrected chi connectivity index (χ3v) is 4.69. The first-order valence-corrected chi connectivity index (χ1v) is 8.74. The number of amides is 1. The highest BCUT2D eigenvalue weighted by atomic mass is 16.6. The summed E-state index contributed by atoms with van der Waals surface area (Å²) in [5.74, 6) is 0.367. The molecular formula is C17H28N4O3. The van der Waals surface area contributed by atoms with E-state index in [-0.39, 0.29) is 24.3 Å². The van der Waals surface area contributed by atoms with Crippen LogP contribution in [0.25, 0.3) is 0 Å². The van der Waals surface area contributed by atoms with Gasteiger partial charge in [0.05, 0.1) is 23.9 Å². The number of hydrogen-bond donors (Lipinski definition) is 2. The fraction of sp³-hybridized carbons (Fsp3) is 0.765. The van der Waals surface area contributed by atoms with E-state index >= 15 is 0 Å². The average molecular weight is 336 g/mol. The average Bonchev–Trinajstić information content (AvgIpc) is 3.10. The van der Waals surface area contributed by atoms with Gasteiger partial charge in [-0.15, -0.1) is 0 Å². The van der Waals surface area contributed by atoms with Crippen LogP contribution >= 0.6 is 0 Å². The topological polar surface area (TPSA) is 77.4 Å². The predicted molar refractivity (Wildman–Crippen MR) is 89.5 cm³/mol. The van der Waals surface area contributed by atoms with Crippen LogP contribution in [0.2, 0.25) is 0 Å². The van der Waals surface area contributed by atoms with E-state index in [9.17, 15) is 4.79 Å². The normalized spacial score (nSPS) is 29.0. The molecule has 24 heavy (non-hydrogen) atoms. The molecule has 1 aliphatic heterocycles. The number of nitrogens with one attached hydrogen (secondary N) is 2. The van der Waals surface area contributed by atoms with E-state index in [2.05, 4.69) is 22.7 Å². The Labute approximate surface area is 143 Å². The molecule has 1 amide bonds. The summed E-state index contributed by atoms with van der Waals surface area (Å²) >= 11 is 0. The van der Waals surface area contributed by atoms with E-state index < -0.39 is 5.60 Å². The number of alkyl carbamates (subject to hydrolysis) is 1. The van der Waals surface area contributed by atoms with Crippen molar-refractivity contribution in [3.8, 4) is 0 Å². The molecule has 1 saturated carbocycles. The summed E-state index contributed by atoms with van der Waals surface area (Å²) in [6, 6.07) is 2.16. The summed E-state index contributed by atoms with van der Waals surface area (Å²) in [7, 11) is 0. The Morgan fingerprint density at radius 2 is 2.25 bits per heavy atom. The van der Waals surface area contributed by atoms with Crippen molar-refractivity contribution in [3.63, 3.8) is 0 Å². The molecule has 3 rings (SSSR count). The fourth-order valence-electron chi connectivity index (χ4n) is 3.61. The van der Waals surface area contributed by atoms with E-state index in [1.807, 2.05) is 37.7 Å². The molecule has 0 radical (unpaired) electrons. The maximum Gasteiger partial charge on any atom is 0.407 e. The van der Waals surface area contributed by atoms with Gasteiger partial charge in [-0.25, -0.2) is 4.79 Å². The third-order valence-electron chi connectivity index (χ3n) is 4.69. The van der Waals surface area contributed by atoms with Gasteiger partial charge in [0.2, 0.25) is 0 Å². The van der Waals surface area contributed by atoms with Crippen LogP contribution in [0.5, 0.6) is 0 Å². The minimum atomic E-state index is -0.490. The minimum absolute atomic E-state index is 0.0466. The molecule has 0 aromatic carbocycles. The highest BCUT2D eigenvalue weighted by molar-refractivity contribution is 5.68. The van der Waals surface area contributed by atoms with Gasteiger partial charge in [-0.05, 0) is 40.2 Å². The smallest absolute Gasteiger partial charge is 0.407 e. The number of rotatable bonds is 5. The number of nitrogens with zero attached hydrogens (tertiary/aromatic N) is 2.